The first-order chi connectivity index (χ1) is 8.72. The van der Waals surface area contributed by atoms with Crippen LogP contribution in [0.15, 0.2) is 30.5 Å². The summed E-state index contributed by atoms with van der Waals surface area (Å²) in [6, 6.07) is 7.95. The molecule has 0 saturated heterocycles. The number of nitrogens with one attached hydrogen (secondary N) is 1. The van der Waals surface area contributed by atoms with Gasteiger partial charge in [-0.1, -0.05) is 38.5 Å². The highest BCUT2D eigenvalue weighted by molar-refractivity contribution is 7.99. The van der Waals surface area contributed by atoms with Crippen LogP contribution in [0.2, 0.25) is 0 Å². The number of thioether (sulfide) groups is 1. The standard InChI is InChI=1S/C15H19NOS/c1-3-11(2)9-18-10-15(17)13-8-16-14-7-5-4-6-12(13)14/h4-8,11,16H,3,9-10H2,1-2H3. The van der Waals surface area contributed by atoms with Crippen LogP contribution < -0.4 is 0 Å². The number of aromatic nitrogens is 1. The predicted octanol–water partition coefficient (Wildman–Crippen LogP) is 4.13. The molecule has 0 saturated carbocycles. The number of carbonyl (C=O) groups excluding carboxylic acids is 1. The average Bonchev–Trinajstić information content (AvgIpc) is 2.82. The van der Waals surface area contributed by atoms with E-state index in [0.29, 0.717) is 11.7 Å². The fourth-order valence-corrected chi connectivity index (χ4v) is 2.95. The number of fused-ring (bicyclic) bond motifs is 1. The highest BCUT2D eigenvalue weighted by atomic mass is 32.2. The van der Waals surface area contributed by atoms with Crippen LogP contribution in [0.3, 0.4) is 0 Å². The highest BCUT2D eigenvalue weighted by Crippen LogP contribution is 2.20. The molecule has 1 unspecified atom stereocenters. The van der Waals surface area contributed by atoms with Gasteiger partial charge in [0.25, 0.3) is 0 Å². The van der Waals surface area contributed by atoms with E-state index in [-0.39, 0.29) is 5.78 Å². The van der Waals surface area contributed by atoms with Crippen molar-refractivity contribution in [1.29, 1.82) is 0 Å². The molecular formula is C15H19NOS. The maximum absolute atomic E-state index is 12.1. The Bertz CT molecular complexity index is 532. The normalized spacial score (nSPS) is 12.8. The average molecular weight is 261 g/mol. The van der Waals surface area contributed by atoms with Gasteiger partial charge in [0.15, 0.2) is 5.78 Å². The number of hydrogen-bond donors (Lipinski definition) is 1. The number of aromatic amines is 1. The van der Waals surface area contributed by atoms with E-state index >= 15 is 0 Å². The van der Waals surface area contributed by atoms with E-state index in [9.17, 15) is 4.79 Å². The maximum Gasteiger partial charge on any atom is 0.174 e. The van der Waals surface area contributed by atoms with E-state index in [4.69, 9.17) is 0 Å². The van der Waals surface area contributed by atoms with Gasteiger partial charge in [0.2, 0.25) is 0 Å². The van der Waals surface area contributed by atoms with Gasteiger partial charge in [-0.05, 0) is 17.7 Å². The van der Waals surface area contributed by atoms with Crippen molar-refractivity contribution in [2.45, 2.75) is 20.3 Å². The van der Waals surface area contributed by atoms with Crippen LogP contribution in [0.1, 0.15) is 30.6 Å². The van der Waals surface area contributed by atoms with Crippen LogP contribution in [0, 0.1) is 5.92 Å². The topological polar surface area (TPSA) is 32.9 Å². The molecule has 0 bridgehead atoms. The number of hydrogen-bond acceptors (Lipinski definition) is 2. The minimum absolute atomic E-state index is 0.223. The number of benzene rings is 1. The number of ketones is 1. The number of H-pyrrole nitrogens is 1. The molecule has 0 aliphatic carbocycles. The van der Waals surface area contributed by atoms with E-state index in [0.717, 1.165) is 22.2 Å². The zero-order chi connectivity index (χ0) is 13.0. The maximum atomic E-state index is 12.1. The summed E-state index contributed by atoms with van der Waals surface area (Å²) < 4.78 is 0. The largest absolute Gasteiger partial charge is 0.360 e. The monoisotopic (exact) mass is 261 g/mol. The molecule has 96 valence electrons. The van der Waals surface area contributed by atoms with E-state index in [1.165, 1.54) is 6.42 Å². The Hall–Kier alpha value is -1.22. The summed E-state index contributed by atoms with van der Waals surface area (Å²) in [6.45, 7) is 4.41. The number of para-hydroxylation sites is 1. The summed E-state index contributed by atoms with van der Waals surface area (Å²) in [5.41, 5.74) is 1.86. The van der Waals surface area contributed by atoms with Crippen LogP contribution in [0.25, 0.3) is 10.9 Å². The van der Waals surface area contributed by atoms with Crippen molar-refractivity contribution >= 4 is 28.4 Å². The molecule has 18 heavy (non-hydrogen) atoms. The van der Waals surface area contributed by atoms with Crippen LogP contribution in [-0.4, -0.2) is 22.3 Å². The van der Waals surface area contributed by atoms with Gasteiger partial charge >= 0.3 is 0 Å². The lowest BCUT2D eigenvalue weighted by atomic mass is 10.1. The molecule has 0 spiro atoms. The van der Waals surface area contributed by atoms with Crippen molar-refractivity contribution in [3.63, 3.8) is 0 Å². The molecule has 1 aromatic carbocycles. The Balaban J connectivity index is 2.01. The van der Waals surface area contributed by atoms with Gasteiger partial charge in [-0.2, -0.15) is 11.8 Å². The molecule has 0 aliphatic rings. The molecule has 3 heteroatoms. The summed E-state index contributed by atoms with van der Waals surface area (Å²) in [5.74, 6) is 2.54. The van der Waals surface area contributed by atoms with Crippen LogP contribution in [0.4, 0.5) is 0 Å². The van der Waals surface area contributed by atoms with Crippen molar-refractivity contribution < 1.29 is 4.79 Å². The van der Waals surface area contributed by atoms with Gasteiger partial charge in [0.05, 0.1) is 5.75 Å². The van der Waals surface area contributed by atoms with E-state index in [1.54, 1.807) is 11.8 Å². The van der Waals surface area contributed by atoms with E-state index < -0.39 is 0 Å². The van der Waals surface area contributed by atoms with E-state index in [1.807, 2.05) is 30.5 Å². The molecule has 0 radical (unpaired) electrons. The SMILES string of the molecule is CCC(C)CSCC(=O)c1c[nH]c2ccccc12. The van der Waals surface area contributed by atoms with Crippen LogP contribution in [-0.2, 0) is 0 Å². The van der Waals surface area contributed by atoms with E-state index in [2.05, 4.69) is 18.8 Å². The Morgan fingerprint density at radius 1 is 1.39 bits per heavy atom. The second-order valence-electron chi connectivity index (χ2n) is 4.70. The smallest absolute Gasteiger partial charge is 0.174 e. The number of rotatable bonds is 6. The third-order valence-electron chi connectivity index (χ3n) is 3.22. The lowest BCUT2D eigenvalue weighted by Gasteiger charge is -2.06. The molecule has 2 rings (SSSR count). The zero-order valence-corrected chi connectivity index (χ0v) is 11.7. The lowest BCUT2D eigenvalue weighted by molar-refractivity contribution is 0.102. The number of Topliss-reactive ketones (excluding diaryl/α,β-unsaturated/α-hetero) is 1. The Kier molecular flexibility index (Phi) is 4.48. The van der Waals surface area contributed by atoms with Crippen LogP contribution >= 0.6 is 11.8 Å². The highest BCUT2D eigenvalue weighted by Gasteiger charge is 2.12. The molecule has 1 atom stereocenters. The lowest BCUT2D eigenvalue weighted by Crippen LogP contribution is -2.04. The Labute approximate surface area is 112 Å². The summed E-state index contributed by atoms with van der Waals surface area (Å²) in [4.78, 5) is 15.3. The third-order valence-corrected chi connectivity index (χ3v) is 4.49. The molecule has 2 nitrogen and oxygen atoms in total. The Morgan fingerprint density at radius 2 is 2.17 bits per heavy atom. The molecular weight excluding hydrogens is 242 g/mol. The summed E-state index contributed by atoms with van der Waals surface area (Å²) in [5, 5.41) is 1.03. The van der Waals surface area contributed by atoms with Crippen molar-refractivity contribution in [3.8, 4) is 0 Å². The molecule has 0 fully saturated rings. The van der Waals surface area contributed by atoms with Crippen LogP contribution in [0.5, 0.6) is 0 Å². The minimum atomic E-state index is 0.223. The minimum Gasteiger partial charge on any atom is -0.360 e. The molecule has 0 aliphatic heterocycles. The van der Waals surface area contributed by atoms with Gasteiger partial charge < -0.3 is 4.98 Å². The molecule has 1 heterocycles. The fourth-order valence-electron chi connectivity index (χ4n) is 1.85. The van der Waals surface area contributed by atoms with Gasteiger partial charge in [-0.3, -0.25) is 4.79 Å². The van der Waals surface area contributed by atoms with Gasteiger partial charge in [0.1, 0.15) is 0 Å². The molecule has 0 amide bonds. The quantitative estimate of drug-likeness (QED) is 0.793. The fraction of sp³-hybridized carbons (Fsp3) is 0.400. The number of carbonyl (C=O) groups is 1. The first-order valence-electron chi connectivity index (χ1n) is 6.39. The van der Waals surface area contributed by atoms with Crippen molar-refractivity contribution in [2.24, 2.45) is 5.92 Å². The van der Waals surface area contributed by atoms with Gasteiger partial charge in [0, 0.05) is 22.7 Å². The summed E-state index contributed by atoms with van der Waals surface area (Å²) in [7, 11) is 0. The molecule has 1 N–H and O–H groups in total. The van der Waals surface area contributed by atoms with Crippen molar-refractivity contribution in [1.82, 2.24) is 4.98 Å². The summed E-state index contributed by atoms with van der Waals surface area (Å²) >= 11 is 1.74. The second kappa shape index (κ2) is 6.10. The Morgan fingerprint density at radius 3 is 2.94 bits per heavy atom. The molecule has 1 aromatic heterocycles. The van der Waals surface area contributed by atoms with Crippen molar-refractivity contribution in [2.75, 3.05) is 11.5 Å². The second-order valence-corrected chi connectivity index (χ2v) is 5.73. The zero-order valence-electron chi connectivity index (χ0n) is 10.9. The predicted molar refractivity (Wildman–Crippen MR) is 79.4 cm³/mol. The van der Waals surface area contributed by atoms with Gasteiger partial charge in [-0.15, -0.1) is 0 Å². The summed E-state index contributed by atoms with van der Waals surface area (Å²) in [6.07, 6.45) is 3.01. The molecule has 2 aromatic rings. The van der Waals surface area contributed by atoms with Crippen molar-refractivity contribution in [3.05, 3.63) is 36.0 Å². The van der Waals surface area contributed by atoms with Gasteiger partial charge in [-0.25, -0.2) is 0 Å². The third kappa shape index (κ3) is 2.96. The first-order valence-corrected chi connectivity index (χ1v) is 7.55. The first kappa shape index (κ1) is 13.2.